The maximum absolute atomic E-state index is 12.4. The van der Waals surface area contributed by atoms with Gasteiger partial charge in [-0.3, -0.25) is 4.79 Å². The Morgan fingerprint density at radius 1 is 0.875 bits per heavy atom. The number of carbonyl (C=O) groups excluding carboxylic acids is 1. The van der Waals surface area contributed by atoms with Crippen molar-refractivity contribution in [2.24, 2.45) is 0 Å². The zero-order valence-electron chi connectivity index (χ0n) is 18.6. The molecule has 166 valence electrons. The van der Waals surface area contributed by atoms with E-state index in [1.807, 2.05) is 48.5 Å². The number of nitrogens with one attached hydrogen (secondary N) is 2. The molecular weight excluding hydrogens is 396 g/mol. The highest BCUT2D eigenvalue weighted by molar-refractivity contribution is 5.90. The van der Waals surface area contributed by atoms with E-state index >= 15 is 0 Å². The van der Waals surface area contributed by atoms with E-state index in [9.17, 15) is 4.79 Å². The Balaban J connectivity index is 1.17. The SMILES string of the molecule is O=C(CCCCc1ccc(Oc2ccccc2)cc1)Nc1cccc(C2CCNCC2)c1. The second kappa shape index (κ2) is 11.5. The highest BCUT2D eigenvalue weighted by atomic mass is 16.5. The van der Waals surface area contributed by atoms with Crippen molar-refractivity contribution in [3.63, 3.8) is 0 Å². The highest BCUT2D eigenvalue weighted by Gasteiger charge is 2.15. The first kappa shape index (κ1) is 22.1. The molecule has 1 fully saturated rings. The van der Waals surface area contributed by atoms with Gasteiger partial charge in [-0.25, -0.2) is 0 Å². The van der Waals surface area contributed by atoms with Gasteiger partial charge in [-0.05, 0) is 98.6 Å². The van der Waals surface area contributed by atoms with E-state index in [-0.39, 0.29) is 5.91 Å². The first-order valence-electron chi connectivity index (χ1n) is 11.7. The normalized spacial score (nSPS) is 14.1. The lowest BCUT2D eigenvalue weighted by molar-refractivity contribution is -0.116. The van der Waals surface area contributed by atoms with Crippen LogP contribution < -0.4 is 15.4 Å². The third-order valence-electron chi connectivity index (χ3n) is 6.00. The van der Waals surface area contributed by atoms with E-state index in [4.69, 9.17) is 4.74 Å². The highest BCUT2D eigenvalue weighted by Crippen LogP contribution is 2.27. The molecule has 1 aliphatic rings. The molecule has 1 amide bonds. The Morgan fingerprint density at radius 2 is 1.62 bits per heavy atom. The minimum atomic E-state index is 0.0964. The fraction of sp³-hybridized carbons (Fsp3) is 0.321. The van der Waals surface area contributed by atoms with E-state index in [1.165, 1.54) is 11.1 Å². The molecule has 3 aromatic carbocycles. The van der Waals surface area contributed by atoms with Crippen molar-refractivity contribution in [2.45, 2.75) is 44.4 Å². The van der Waals surface area contributed by atoms with Gasteiger partial charge in [0, 0.05) is 12.1 Å². The summed E-state index contributed by atoms with van der Waals surface area (Å²) in [6.45, 7) is 2.15. The molecule has 0 spiro atoms. The minimum absolute atomic E-state index is 0.0964. The topological polar surface area (TPSA) is 50.4 Å². The second-order valence-electron chi connectivity index (χ2n) is 8.46. The summed E-state index contributed by atoms with van der Waals surface area (Å²) in [5.41, 5.74) is 3.52. The van der Waals surface area contributed by atoms with Gasteiger partial charge in [0.05, 0.1) is 0 Å². The Hall–Kier alpha value is -3.11. The predicted molar refractivity (Wildman–Crippen MR) is 130 cm³/mol. The molecule has 4 rings (SSSR count). The average molecular weight is 429 g/mol. The van der Waals surface area contributed by atoms with Crippen LogP contribution in [-0.4, -0.2) is 19.0 Å². The van der Waals surface area contributed by atoms with Crippen molar-refractivity contribution >= 4 is 11.6 Å². The molecular formula is C28H32N2O2. The van der Waals surface area contributed by atoms with Crippen LogP contribution in [0.5, 0.6) is 11.5 Å². The quantitative estimate of drug-likeness (QED) is 0.393. The summed E-state index contributed by atoms with van der Waals surface area (Å²) in [6.07, 6.45) is 5.70. The summed E-state index contributed by atoms with van der Waals surface area (Å²) in [7, 11) is 0. The summed E-state index contributed by atoms with van der Waals surface area (Å²) < 4.78 is 5.84. The zero-order chi connectivity index (χ0) is 22.0. The summed E-state index contributed by atoms with van der Waals surface area (Å²) in [5, 5.41) is 6.49. The molecule has 0 radical (unpaired) electrons. The molecule has 0 aromatic heterocycles. The van der Waals surface area contributed by atoms with E-state index in [0.717, 1.165) is 62.4 Å². The number of carbonyl (C=O) groups is 1. The van der Waals surface area contributed by atoms with E-state index < -0.39 is 0 Å². The Kier molecular flexibility index (Phi) is 7.94. The minimum Gasteiger partial charge on any atom is -0.457 e. The Labute approximate surface area is 191 Å². The van der Waals surface area contributed by atoms with Crippen LogP contribution in [0.2, 0.25) is 0 Å². The van der Waals surface area contributed by atoms with Gasteiger partial charge in [0.1, 0.15) is 11.5 Å². The number of benzene rings is 3. The van der Waals surface area contributed by atoms with Crippen molar-refractivity contribution in [1.29, 1.82) is 0 Å². The maximum atomic E-state index is 12.4. The summed E-state index contributed by atoms with van der Waals surface area (Å²) in [6, 6.07) is 26.4. The van der Waals surface area contributed by atoms with Crippen LogP contribution in [0.1, 0.15) is 49.1 Å². The van der Waals surface area contributed by atoms with Crippen LogP contribution in [0.25, 0.3) is 0 Å². The molecule has 2 N–H and O–H groups in total. The predicted octanol–water partition coefficient (Wildman–Crippen LogP) is 6.30. The molecule has 3 aromatic rings. The van der Waals surface area contributed by atoms with Crippen molar-refractivity contribution in [2.75, 3.05) is 18.4 Å². The van der Waals surface area contributed by atoms with Gasteiger partial charge in [0.15, 0.2) is 0 Å². The first-order valence-corrected chi connectivity index (χ1v) is 11.7. The standard InChI is InChI=1S/C28H32N2O2/c31-28(30-25-9-6-8-24(21-25)23-17-19-29-20-18-23)12-5-4-7-22-13-15-27(16-14-22)32-26-10-2-1-3-11-26/h1-3,6,8-11,13-16,21,23,29H,4-5,7,12,17-20H2,(H,30,31). The van der Waals surface area contributed by atoms with Gasteiger partial charge in [-0.1, -0.05) is 42.5 Å². The number of piperidine rings is 1. The summed E-state index contributed by atoms with van der Waals surface area (Å²) in [4.78, 5) is 12.4. The van der Waals surface area contributed by atoms with Gasteiger partial charge in [-0.15, -0.1) is 0 Å². The van der Waals surface area contributed by atoms with Gasteiger partial charge in [0.2, 0.25) is 5.91 Å². The molecule has 0 saturated carbocycles. The van der Waals surface area contributed by atoms with Gasteiger partial charge >= 0.3 is 0 Å². The molecule has 4 nitrogen and oxygen atoms in total. The van der Waals surface area contributed by atoms with Crippen molar-refractivity contribution in [1.82, 2.24) is 5.32 Å². The molecule has 0 bridgehead atoms. The largest absolute Gasteiger partial charge is 0.457 e. The number of anilines is 1. The maximum Gasteiger partial charge on any atom is 0.224 e. The van der Waals surface area contributed by atoms with E-state index in [1.54, 1.807) is 0 Å². The lowest BCUT2D eigenvalue weighted by Crippen LogP contribution is -2.26. The molecule has 0 atom stereocenters. The molecule has 4 heteroatoms. The number of ether oxygens (including phenoxy) is 1. The van der Waals surface area contributed by atoms with E-state index in [0.29, 0.717) is 12.3 Å². The van der Waals surface area contributed by atoms with Crippen LogP contribution in [0.3, 0.4) is 0 Å². The second-order valence-corrected chi connectivity index (χ2v) is 8.46. The van der Waals surface area contributed by atoms with Crippen LogP contribution in [0, 0.1) is 0 Å². The van der Waals surface area contributed by atoms with Crippen LogP contribution in [-0.2, 0) is 11.2 Å². The molecule has 1 heterocycles. The lowest BCUT2D eigenvalue weighted by Gasteiger charge is -2.23. The van der Waals surface area contributed by atoms with Crippen molar-refractivity contribution < 1.29 is 9.53 Å². The number of rotatable bonds is 9. The number of unbranched alkanes of at least 4 members (excludes halogenated alkanes) is 1. The third-order valence-corrected chi connectivity index (χ3v) is 6.00. The molecule has 1 aliphatic heterocycles. The number of aryl methyl sites for hydroxylation is 1. The number of amides is 1. The molecule has 0 unspecified atom stereocenters. The Morgan fingerprint density at radius 3 is 2.41 bits per heavy atom. The Bertz CT molecular complexity index is 980. The number of hydrogen-bond donors (Lipinski definition) is 2. The number of hydrogen-bond acceptors (Lipinski definition) is 3. The monoisotopic (exact) mass is 428 g/mol. The van der Waals surface area contributed by atoms with Crippen molar-refractivity contribution in [3.8, 4) is 11.5 Å². The average Bonchev–Trinajstić information content (AvgIpc) is 2.84. The van der Waals surface area contributed by atoms with E-state index in [2.05, 4.69) is 41.0 Å². The van der Waals surface area contributed by atoms with Crippen LogP contribution in [0.4, 0.5) is 5.69 Å². The smallest absolute Gasteiger partial charge is 0.224 e. The fourth-order valence-corrected chi connectivity index (χ4v) is 4.21. The van der Waals surface area contributed by atoms with Gasteiger partial charge < -0.3 is 15.4 Å². The third kappa shape index (κ3) is 6.69. The fourth-order valence-electron chi connectivity index (χ4n) is 4.21. The summed E-state index contributed by atoms with van der Waals surface area (Å²) >= 11 is 0. The lowest BCUT2D eigenvalue weighted by atomic mass is 9.90. The van der Waals surface area contributed by atoms with Crippen LogP contribution >= 0.6 is 0 Å². The zero-order valence-corrected chi connectivity index (χ0v) is 18.6. The van der Waals surface area contributed by atoms with Crippen molar-refractivity contribution in [3.05, 3.63) is 90.0 Å². The van der Waals surface area contributed by atoms with Crippen LogP contribution in [0.15, 0.2) is 78.9 Å². The molecule has 32 heavy (non-hydrogen) atoms. The van der Waals surface area contributed by atoms with Gasteiger partial charge in [-0.2, -0.15) is 0 Å². The number of para-hydroxylation sites is 1. The van der Waals surface area contributed by atoms with Gasteiger partial charge in [0.25, 0.3) is 0 Å². The summed E-state index contributed by atoms with van der Waals surface area (Å²) in [5.74, 6) is 2.37. The molecule has 0 aliphatic carbocycles. The first-order chi connectivity index (χ1) is 15.8. The molecule has 1 saturated heterocycles.